The number of rotatable bonds is 1. The van der Waals surface area contributed by atoms with E-state index in [0.717, 1.165) is 0 Å². The fourth-order valence-corrected chi connectivity index (χ4v) is 2.91. The first-order valence-corrected chi connectivity index (χ1v) is 5.90. The lowest BCUT2D eigenvalue weighted by atomic mass is 9.72. The molecule has 3 rings (SSSR count). The van der Waals surface area contributed by atoms with Crippen LogP contribution in [0.1, 0.15) is 6.42 Å². The first kappa shape index (κ1) is 12.8. The molecule has 9 heteroatoms. The number of nitrogens with zero attached hydrogens (tertiary/aromatic N) is 1. The Kier molecular flexibility index (Phi) is 2.45. The van der Waals surface area contributed by atoms with Crippen molar-refractivity contribution in [1.82, 2.24) is 4.90 Å². The summed E-state index contributed by atoms with van der Waals surface area (Å²) in [6.07, 6.45) is -4.30. The molecule has 2 saturated carbocycles. The van der Waals surface area contributed by atoms with Crippen molar-refractivity contribution in [3.63, 3.8) is 0 Å². The average Bonchev–Trinajstić information content (AvgIpc) is 2.98. The lowest BCUT2D eigenvalue weighted by Crippen LogP contribution is -2.44. The quantitative estimate of drug-likeness (QED) is 0.652. The standard InChI is InChI=1S/C10H11BF3NO4/c1-15-3-6(16)18-11(19-7(17)4-15)8-5-2-9(5,8)10(12,13)14/h5,8H,2-4H2,1H3/t5?,8-,9-/m1/s1. The molecule has 0 N–H and O–H groups in total. The number of hydrogen-bond acceptors (Lipinski definition) is 5. The molecule has 1 unspecified atom stereocenters. The number of likely N-dealkylation sites (N-methyl/N-ethyl adjacent to an activating group) is 1. The van der Waals surface area contributed by atoms with Gasteiger partial charge in [-0.2, -0.15) is 13.2 Å². The van der Waals surface area contributed by atoms with Crippen molar-refractivity contribution in [2.45, 2.75) is 18.4 Å². The van der Waals surface area contributed by atoms with Gasteiger partial charge in [0.05, 0.1) is 18.5 Å². The van der Waals surface area contributed by atoms with E-state index >= 15 is 0 Å². The highest BCUT2D eigenvalue weighted by molar-refractivity contribution is 6.53. The predicted molar refractivity (Wildman–Crippen MR) is 55.8 cm³/mol. The smallest absolute Gasteiger partial charge is 0.498 e. The molecule has 104 valence electrons. The maximum Gasteiger partial charge on any atom is 0.603 e. The highest BCUT2D eigenvalue weighted by Crippen LogP contribution is 2.90. The van der Waals surface area contributed by atoms with Crippen molar-refractivity contribution in [1.29, 1.82) is 0 Å². The van der Waals surface area contributed by atoms with E-state index in [-0.39, 0.29) is 19.5 Å². The van der Waals surface area contributed by atoms with Crippen LogP contribution in [0.25, 0.3) is 0 Å². The summed E-state index contributed by atoms with van der Waals surface area (Å²) in [4.78, 5) is 24.3. The predicted octanol–water partition coefficient (Wildman–Crippen LogP) is 0.459. The minimum absolute atomic E-state index is 0.0344. The van der Waals surface area contributed by atoms with Crippen LogP contribution in [0, 0.1) is 11.3 Å². The topological polar surface area (TPSA) is 55.8 Å². The molecular formula is C10H11BF3NO4. The second kappa shape index (κ2) is 3.65. The van der Waals surface area contributed by atoms with Gasteiger partial charge in [-0.3, -0.25) is 14.5 Å². The van der Waals surface area contributed by atoms with Crippen LogP contribution in [0.2, 0.25) is 5.82 Å². The normalized spacial score (nSPS) is 38.8. The Morgan fingerprint density at radius 2 is 1.79 bits per heavy atom. The third-order valence-corrected chi connectivity index (χ3v) is 4.09. The maximum absolute atomic E-state index is 12.8. The lowest BCUT2D eigenvalue weighted by Gasteiger charge is -2.25. The molecule has 3 atom stereocenters. The van der Waals surface area contributed by atoms with Gasteiger partial charge in [-0.25, -0.2) is 0 Å². The number of halogens is 3. The van der Waals surface area contributed by atoms with Gasteiger partial charge in [0.2, 0.25) is 0 Å². The number of carbonyl (C=O) groups excluding carboxylic acids is 2. The van der Waals surface area contributed by atoms with Gasteiger partial charge >= 0.3 is 25.2 Å². The summed E-state index contributed by atoms with van der Waals surface area (Å²) in [5.41, 5.74) is -1.79. The van der Waals surface area contributed by atoms with Gasteiger partial charge in [-0.05, 0) is 19.4 Å². The van der Waals surface area contributed by atoms with Crippen LogP contribution in [-0.4, -0.2) is 50.3 Å². The lowest BCUT2D eigenvalue weighted by molar-refractivity contribution is -0.169. The van der Waals surface area contributed by atoms with Gasteiger partial charge < -0.3 is 9.31 Å². The molecule has 3 aliphatic rings. The fourth-order valence-electron chi connectivity index (χ4n) is 2.91. The molecular weight excluding hydrogens is 266 g/mol. The van der Waals surface area contributed by atoms with E-state index in [0.29, 0.717) is 0 Å². The van der Waals surface area contributed by atoms with Gasteiger partial charge in [0.15, 0.2) is 0 Å². The van der Waals surface area contributed by atoms with Crippen LogP contribution < -0.4 is 0 Å². The summed E-state index contributed by atoms with van der Waals surface area (Å²) in [5, 5.41) is 0. The highest BCUT2D eigenvalue weighted by Gasteiger charge is 2.94. The molecule has 0 spiro atoms. The van der Waals surface area contributed by atoms with E-state index in [2.05, 4.69) is 0 Å². The Morgan fingerprint density at radius 3 is 2.16 bits per heavy atom. The van der Waals surface area contributed by atoms with Crippen molar-refractivity contribution in [2.24, 2.45) is 11.3 Å². The first-order chi connectivity index (χ1) is 8.75. The molecule has 0 aromatic heterocycles. The molecule has 19 heavy (non-hydrogen) atoms. The summed E-state index contributed by atoms with van der Waals surface area (Å²) in [6, 6.07) is 0. The Bertz CT molecular complexity index is 437. The zero-order valence-corrected chi connectivity index (χ0v) is 10.1. The molecule has 2 aliphatic carbocycles. The van der Waals surface area contributed by atoms with Crippen LogP contribution >= 0.6 is 0 Å². The molecule has 1 heterocycles. The van der Waals surface area contributed by atoms with Crippen LogP contribution in [0.3, 0.4) is 0 Å². The Labute approximate surface area is 107 Å². The van der Waals surface area contributed by atoms with E-state index in [1.807, 2.05) is 0 Å². The van der Waals surface area contributed by atoms with Crippen molar-refractivity contribution in [3.8, 4) is 0 Å². The van der Waals surface area contributed by atoms with Crippen LogP contribution in [0.15, 0.2) is 0 Å². The van der Waals surface area contributed by atoms with Crippen LogP contribution in [0.5, 0.6) is 0 Å². The summed E-state index contributed by atoms with van der Waals surface area (Å²) < 4.78 is 48.2. The van der Waals surface area contributed by atoms with Crippen molar-refractivity contribution < 1.29 is 32.1 Å². The summed E-state index contributed by atoms with van der Waals surface area (Å²) in [6.45, 7) is -0.274. The van der Waals surface area contributed by atoms with Gasteiger partial charge in [0.25, 0.3) is 0 Å². The monoisotopic (exact) mass is 277 g/mol. The third-order valence-electron chi connectivity index (χ3n) is 4.09. The number of carbonyl (C=O) groups is 2. The van der Waals surface area contributed by atoms with Crippen LogP contribution in [-0.2, 0) is 18.9 Å². The average molecular weight is 277 g/mol. The molecule has 0 bridgehead atoms. The summed E-state index contributed by atoms with van der Waals surface area (Å²) >= 11 is 0. The summed E-state index contributed by atoms with van der Waals surface area (Å²) in [7, 11) is 0.128. The van der Waals surface area contributed by atoms with E-state index in [4.69, 9.17) is 9.31 Å². The second-order valence-electron chi connectivity index (χ2n) is 5.39. The zero-order chi connectivity index (χ0) is 14.0. The minimum atomic E-state index is -4.33. The van der Waals surface area contributed by atoms with Crippen molar-refractivity contribution >= 4 is 19.1 Å². The molecule has 1 saturated heterocycles. The second-order valence-corrected chi connectivity index (χ2v) is 5.39. The number of hydrogen-bond donors (Lipinski definition) is 0. The molecule has 0 aromatic carbocycles. The maximum atomic E-state index is 12.8. The van der Waals surface area contributed by atoms with Gasteiger partial charge in [-0.15, -0.1) is 0 Å². The van der Waals surface area contributed by atoms with Crippen molar-refractivity contribution in [2.75, 3.05) is 20.1 Å². The van der Waals surface area contributed by atoms with E-state index in [9.17, 15) is 22.8 Å². The largest absolute Gasteiger partial charge is 0.603 e. The van der Waals surface area contributed by atoms with Gasteiger partial charge in [-0.1, -0.05) is 0 Å². The molecule has 1 aliphatic heterocycles. The molecule has 0 aromatic rings. The Balaban J connectivity index is 1.72. The first-order valence-electron chi connectivity index (χ1n) is 5.90. The van der Waals surface area contributed by atoms with E-state index < -0.39 is 42.4 Å². The number of alkyl halides is 3. The highest BCUT2D eigenvalue weighted by atomic mass is 19.4. The van der Waals surface area contributed by atoms with E-state index in [1.54, 1.807) is 0 Å². The van der Waals surface area contributed by atoms with Gasteiger partial charge in [0, 0.05) is 5.82 Å². The number of fused-ring (bicyclic) bond motifs is 1. The summed E-state index contributed by atoms with van der Waals surface area (Å²) in [5.74, 6) is -2.86. The van der Waals surface area contributed by atoms with Crippen molar-refractivity contribution in [3.05, 3.63) is 0 Å². The molecule has 0 radical (unpaired) electrons. The molecule has 3 fully saturated rings. The Morgan fingerprint density at radius 1 is 1.26 bits per heavy atom. The van der Waals surface area contributed by atoms with Gasteiger partial charge in [0.1, 0.15) is 0 Å². The van der Waals surface area contributed by atoms with E-state index in [1.165, 1.54) is 11.9 Å². The molecule has 0 amide bonds. The minimum Gasteiger partial charge on any atom is -0.498 e. The molecule has 5 nitrogen and oxygen atoms in total. The van der Waals surface area contributed by atoms with Crippen LogP contribution in [0.4, 0.5) is 13.2 Å². The SMILES string of the molecule is CN1CC(=O)OB([C@@H]2C3C[C@@]32C(F)(F)F)OC(=O)C1. The fraction of sp³-hybridized carbons (Fsp3) is 0.800. The Hall–Kier alpha value is -1.25. The zero-order valence-electron chi connectivity index (χ0n) is 10.1. The third kappa shape index (κ3) is 1.82.